The molecule has 0 spiro atoms. The summed E-state index contributed by atoms with van der Waals surface area (Å²) in [4.78, 5) is 26.6. The topological polar surface area (TPSA) is 102 Å². The molecule has 36 heavy (non-hydrogen) atoms. The van der Waals surface area contributed by atoms with Crippen LogP contribution < -0.4 is 15.4 Å². The van der Waals surface area contributed by atoms with Gasteiger partial charge >= 0.3 is 0 Å². The van der Waals surface area contributed by atoms with Gasteiger partial charge in [0.05, 0.1) is 43.6 Å². The van der Waals surface area contributed by atoms with Gasteiger partial charge in [-0.1, -0.05) is 18.2 Å². The number of anilines is 1. The molecule has 5 heterocycles. The first kappa shape index (κ1) is 22.8. The first-order valence-electron chi connectivity index (χ1n) is 12.4. The van der Waals surface area contributed by atoms with Gasteiger partial charge < -0.3 is 29.6 Å². The Hall–Kier alpha value is -3.69. The van der Waals surface area contributed by atoms with Crippen LogP contribution in [0, 0.1) is 0 Å². The molecule has 2 N–H and O–H groups in total. The lowest BCUT2D eigenvalue weighted by Gasteiger charge is -2.33. The Balaban J connectivity index is 1.30. The van der Waals surface area contributed by atoms with E-state index < -0.39 is 0 Å². The van der Waals surface area contributed by atoms with E-state index in [1.54, 1.807) is 25.6 Å². The van der Waals surface area contributed by atoms with Gasteiger partial charge in [0, 0.05) is 37.0 Å². The summed E-state index contributed by atoms with van der Waals surface area (Å²) < 4.78 is 13.7. The fourth-order valence-electron chi connectivity index (χ4n) is 5.18. The maximum atomic E-state index is 13.0. The third-order valence-electron chi connectivity index (χ3n) is 7.05. The van der Waals surface area contributed by atoms with Crippen LogP contribution in [0.15, 0.2) is 59.7 Å². The molecule has 2 saturated heterocycles. The molecule has 3 aliphatic heterocycles. The van der Waals surface area contributed by atoms with Gasteiger partial charge in [-0.25, -0.2) is 4.99 Å². The molecule has 6 rings (SSSR count). The molecule has 3 atom stereocenters. The number of rotatable bonds is 7. The molecule has 0 amide bonds. The number of aromatic nitrogens is 2. The van der Waals surface area contributed by atoms with Crippen molar-refractivity contribution in [2.75, 3.05) is 31.6 Å². The van der Waals surface area contributed by atoms with Gasteiger partial charge in [-0.3, -0.25) is 9.78 Å². The fourth-order valence-corrected chi connectivity index (χ4v) is 5.18. The van der Waals surface area contributed by atoms with Crippen molar-refractivity contribution in [3.63, 3.8) is 0 Å². The van der Waals surface area contributed by atoms with Crippen molar-refractivity contribution < 1.29 is 14.3 Å². The molecule has 3 aromatic rings. The van der Waals surface area contributed by atoms with Crippen LogP contribution in [0.2, 0.25) is 0 Å². The lowest BCUT2D eigenvalue weighted by Crippen LogP contribution is -2.43. The van der Waals surface area contributed by atoms with Crippen molar-refractivity contribution in [2.45, 2.75) is 37.8 Å². The number of ketones is 1. The number of epoxide rings is 1. The zero-order chi connectivity index (χ0) is 24.6. The van der Waals surface area contributed by atoms with Crippen LogP contribution in [-0.4, -0.2) is 65.6 Å². The monoisotopic (exact) mass is 486 g/mol. The van der Waals surface area contributed by atoms with Gasteiger partial charge in [0.15, 0.2) is 12.0 Å². The molecule has 9 heteroatoms. The summed E-state index contributed by atoms with van der Waals surface area (Å²) in [5.41, 5.74) is 9.77. The maximum absolute atomic E-state index is 13.0. The highest BCUT2D eigenvalue weighted by atomic mass is 16.6. The second kappa shape index (κ2) is 9.40. The van der Waals surface area contributed by atoms with Crippen LogP contribution in [0.5, 0.6) is 5.75 Å². The second-order valence-corrected chi connectivity index (χ2v) is 9.55. The fraction of sp³-hybridized carbons (Fsp3) is 0.370. The number of hydrogen-bond donors (Lipinski definition) is 1. The standard InChI is InChI=1S/C27H30N6O3/c1-35-21-9-4-6-18(12-21)23(34)16-32-17-30-22-13-24(31-11-5-7-19(28)14-31)33(25(22)26-27(32)36-26)15-20-8-2-3-10-29-20/h2-4,6,8-10,12-13,17,19,26-27H,5,7,11,14-16,28H2,1H3/t19-,26?,27?/m0/s1. The summed E-state index contributed by atoms with van der Waals surface area (Å²) in [6, 6.07) is 15.4. The number of nitrogens with zero attached hydrogens (tertiary/aromatic N) is 5. The summed E-state index contributed by atoms with van der Waals surface area (Å²) in [6.07, 6.45) is 5.25. The van der Waals surface area contributed by atoms with E-state index >= 15 is 0 Å². The van der Waals surface area contributed by atoms with E-state index in [9.17, 15) is 4.79 Å². The Morgan fingerprint density at radius 2 is 2.14 bits per heavy atom. The predicted molar refractivity (Wildman–Crippen MR) is 137 cm³/mol. The van der Waals surface area contributed by atoms with Crippen molar-refractivity contribution in [3.05, 3.63) is 71.7 Å². The van der Waals surface area contributed by atoms with Crippen LogP contribution in [-0.2, 0) is 11.3 Å². The molecule has 1 aromatic carbocycles. The first-order chi connectivity index (χ1) is 17.6. The zero-order valence-corrected chi connectivity index (χ0v) is 20.3. The molecule has 0 saturated carbocycles. The van der Waals surface area contributed by atoms with Gasteiger partial charge in [0.2, 0.25) is 0 Å². The third-order valence-corrected chi connectivity index (χ3v) is 7.05. The summed E-state index contributed by atoms with van der Waals surface area (Å²) in [5, 5.41) is 0. The number of pyridine rings is 1. The summed E-state index contributed by atoms with van der Waals surface area (Å²) in [6.45, 7) is 2.56. The van der Waals surface area contributed by atoms with E-state index in [2.05, 4.69) is 20.5 Å². The molecular formula is C27H30N6O3. The van der Waals surface area contributed by atoms with Crippen LogP contribution in [0.4, 0.5) is 11.5 Å². The van der Waals surface area contributed by atoms with Crippen LogP contribution in [0.1, 0.15) is 40.7 Å². The second-order valence-electron chi connectivity index (χ2n) is 9.55. The smallest absolute Gasteiger partial charge is 0.182 e. The van der Waals surface area contributed by atoms with Gasteiger partial charge in [-0.2, -0.15) is 0 Å². The highest BCUT2D eigenvalue weighted by Gasteiger charge is 2.49. The van der Waals surface area contributed by atoms with E-state index in [4.69, 9.17) is 20.2 Å². The lowest BCUT2D eigenvalue weighted by molar-refractivity contribution is 0.0946. The molecule has 0 aliphatic carbocycles. The largest absolute Gasteiger partial charge is 0.497 e. The number of Topliss-reactive ketones (excluding diaryl/α,β-unsaturated/α-hetero) is 1. The summed E-state index contributed by atoms with van der Waals surface area (Å²) in [7, 11) is 1.59. The van der Waals surface area contributed by atoms with E-state index in [0.29, 0.717) is 17.9 Å². The van der Waals surface area contributed by atoms with Crippen molar-refractivity contribution in [2.24, 2.45) is 10.7 Å². The Labute approximate surface area is 210 Å². The number of hydrogen-bond acceptors (Lipinski definition) is 8. The van der Waals surface area contributed by atoms with Gasteiger partial charge in [0.25, 0.3) is 0 Å². The zero-order valence-electron chi connectivity index (χ0n) is 20.3. The minimum Gasteiger partial charge on any atom is -0.497 e. The Morgan fingerprint density at radius 3 is 2.94 bits per heavy atom. The van der Waals surface area contributed by atoms with E-state index in [1.807, 2.05) is 41.4 Å². The van der Waals surface area contributed by atoms with Crippen molar-refractivity contribution in [3.8, 4) is 5.75 Å². The first-order valence-corrected chi connectivity index (χ1v) is 12.4. The number of nitrogens with two attached hydrogens (primary N) is 1. The van der Waals surface area contributed by atoms with E-state index in [0.717, 1.165) is 48.8 Å². The summed E-state index contributed by atoms with van der Waals surface area (Å²) in [5.74, 6) is 1.74. The number of fused-ring (bicyclic) bond motifs is 3. The predicted octanol–water partition coefficient (Wildman–Crippen LogP) is 3.12. The molecule has 0 bridgehead atoms. The highest BCUT2D eigenvalue weighted by molar-refractivity contribution is 5.99. The molecule has 9 nitrogen and oxygen atoms in total. The number of aliphatic imine (C=N–C) groups is 1. The average molecular weight is 487 g/mol. The Kier molecular flexibility index (Phi) is 5.94. The maximum Gasteiger partial charge on any atom is 0.182 e. The molecule has 186 valence electrons. The quantitative estimate of drug-likeness (QED) is 0.404. The number of carbonyl (C=O) groups excluding carboxylic acids is 1. The number of ether oxygens (including phenoxy) is 2. The molecular weight excluding hydrogens is 456 g/mol. The molecule has 2 fully saturated rings. The highest BCUT2D eigenvalue weighted by Crippen LogP contribution is 2.49. The number of benzene rings is 1. The van der Waals surface area contributed by atoms with Crippen molar-refractivity contribution in [1.29, 1.82) is 0 Å². The average Bonchev–Trinajstić information content (AvgIpc) is 3.63. The molecule has 3 aliphatic rings. The van der Waals surface area contributed by atoms with Crippen LogP contribution >= 0.6 is 0 Å². The number of carbonyl (C=O) groups is 1. The molecule has 0 radical (unpaired) electrons. The normalized spacial score (nSPS) is 22.6. The molecule has 2 unspecified atom stereocenters. The van der Waals surface area contributed by atoms with E-state index in [-0.39, 0.29) is 30.7 Å². The number of methoxy groups -OCH3 is 1. The summed E-state index contributed by atoms with van der Waals surface area (Å²) >= 11 is 0. The van der Waals surface area contributed by atoms with Crippen molar-refractivity contribution in [1.82, 2.24) is 14.5 Å². The molecule has 2 aromatic heterocycles. The Bertz CT molecular complexity index is 1290. The number of piperidine rings is 1. The van der Waals surface area contributed by atoms with Gasteiger partial charge in [0.1, 0.15) is 17.7 Å². The minimum atomic E-state index is -0.238. The lowest BCUT2D eigenvalue weighted by atomic mass is 10.1. The van der Waals surface area contributed by atoms with Gasteiger partial charge in [-0.05, 0) is 37.1 Å². The van der Waals surface area contributed by atoms with Gasteiger partial charge in [-0.15, -0.1) is 0 Å². The third kappa shape index (κ3) is 4.36. The minimum absolute atomic E-state index is 0.0134. The Morgan fingerprint density at radius 1 is 1.22 bits per heavy atom. The van der Waals surface area contributed by atoms with Crippen LogP contribution in [0.3, 0.4) is 0 Å². The van der Waals surface area contributed by atoms with E-state index in [1.165, 1.54) is 0 Å². The SMILES string of the molecule is COc1cccc(C(=O)CN2C=Nc3cc(N4CCC[C@H](N)C4)n(Cc4ccccn4)c3C3OC32)c1. The van der Waals surface area contributed by atoms with Crippen molar-refractivity contribution >= 4 is 23.6 Å². The van der Waals surface area contributed by atoms with Crippen LogP contribution in [0.25, 0.3) is 0 Å².